The van der Waals surface area contributed by atoms with Crippen molar-refractivity contribution in [3.63, 3.8) is 0 Å². The maximum absolute atomic E-state index is 12.9. The predicted octanol–water partition coefficient (Wildman–Crippen LogP) is 4.98. The number of hydrogen-bond donors (Lipinski definition) is 0. The van der Waals surface area contributed by atoms with E-state index in [4.69, 9.17) is 9.72 Å². The van der Waals surface area contributed by atoms with E-state index in [1.807, 2.05) is 47.4 Å². The number of pyridine rings is 1. The number of para-hydroxylation sites is 1. The molecule has 4 rings (SSSR count). The van der Waals surface area contributed by atoms with Gasteiger partial charge in [-0.2, -0.15) is 0 Å². The van der Waals surface area contributed by atoms with Crippen molar-refractivity contribution >= 4 is 5.91 Å². The maximum Gasteiger partial charge on any atom is 0.223 e. The fraction of sp³-hybridized carbons (Fsp3) is 0.308. The van der Waals surface area contributed by atoms with Crippen molar-refractivity contribution in [3.8, 4) is 5.75 Å². The summed E-state index contributed by atoms with van der Waals surface area (Å²) in [6, 6.07) is 24.5. The van der Waals surface area contributed by atoms with Gasteiger partial charge in [-0.05, 0) is 43.0 Å². The smallest absolute Gasteiger partial charge is 0.223 e. The summed E-state index contributed by atoms with van der Waals surface area (Å²) in [5, 5.41) is 0. The summed E-state index contributed by atoms with van der Waals surface area (Å²) in [4.78, 5) is 19.9. The first-order chi connectivity index (χ1) is 14.7. The SMILES string of the molecule is COc1ccccc1Cc1cccc([C@@H]2CCCN2C(=O)CCc2ccccc2)n1. The molecule has 1 atom stereocenters. The van der Waals surface area contributed by atoms with Crippen LogP contribution in [0.15, 0.2) is 72.8 Å². The molecular weight excluding hydrogens is 372 g/mol. The lowest BCUT2D eigenvalue weighted by Gasteiger charge is -2.25. The molecule has 0 spiro atoms. The number of aryl methyl sites for hydroxylation is 1. The Bertz CT molecular complexity index is 987. The minimum absolute atomic E-state index is 0.0749. The second-order valence-electron chi connectivity index (χ2n) is 7.77. The number of rotatable bonds is 7. The van der Waals surface area contributed by atoms with Gasteiger partial charge in [-0.25, -0.2) is 0 Å². The lowest BCUT2D eigenvalue weighted by atomic mass is 10.1. The first-order valence-corrected chi connectivity index (χ1v) is 10.7. The molecule has 0 N–H and O–H groups in total. The number of hydrogen-bond acceptors (Lipinski definition) is 3. The zero-order valence-electron chi connectivity index (χ0n) is 17.5. The van der Waals surface area contributed by atoms with Crippen LogP contribution in [-0.4, -0.2) is 29.4 Å². The number of amides is 1. The highest BCUT2D eigenvalue weighted by Crippen LogP contribution is 2.32. The van der Waals surface area contributed by atoms with Gasteiger partial charge in [0, 0.05) is 30.6 Å². The Morgan fingerprint density at radius 1 is 1.03 bits per heavy atom. The molecule has 0 bridgehead atoms. The number of ether oxygens (including phenoxy) is 1. The summed E-state index contributed by atoms with van der Waals surface area (Å²) in [6.07, 6.45) is 4.04. The first kappa shape index (κ1) is 20.1. The molecule has 1 fully saturated rings. The van der Waals surface area contributed by atoms with Gasteiger partial charge in [0.2, 0.25) is 5.91 Å². The zero-order chi connectivity index (χ0) is 20.8. The van der Waals surface area contributed by atoms with E-state index in [1.165, 1.54) is 5.56 Å². The second kappa shape index (κ2) is 9.57. The van der Waals surface area contributed by atoms with E-state index in [0.29, 0.717) is 12.8 Å². The van der Waals surface area contributed by atoms with Crippen LogP contribution < -0.4 is 4.74 Å². The van der Waals surface area contributed by atoms with E-state index in [0.717, 1.165) is 48.5 Å². The number of carbonyl (C=O) groups excluding carboxylic acids is 1. The molecule has 2 aromatic carbocycles. The molecule has 3 aromatic rings. The van der Waals surface area contributed by atoms with Gasteiger partial charge < -0.3 is 9.64 Å². The van der Waals surface area contributed by atoms with E-state index in [9.17, 15) is 4.79 Å². The third kappa shape index (κ3) is 4.70. The van der Waals surface area contributed by atoms with E-state index >= 15 is 0 Å². The van der Waals surface area contributed by atoms with Gasteiger partial charge in [0.05, 0.1) is 18.8 Å². The minimum Gasteiger partial charge on any atom is -0.496 e. The summed E-state index contributed by atoms with van der Waals surface area (Å²) < 4.78 is 5.48. The Balaban J connectivity index is 1.46. The maximum atomic E-state index is 12.9. The summed E-state index contributed by atoms with van der Waals surface area (Å²) in [5.74, 6) is 1.10. The Kier molecular flexibility index (Phi) is 6.43. The molecule has 0 aliphatic carbocycles. The highest BCUT2D eigenvalue weighted by Gasteiger charge is 2.30. The Morgan fingerprint density at radius 3 is 2.67 bits per heavy atom. The van der Waals surface area contributed by atoms with Gasteiger partial charge in [0.25, 0.3) is 0 Å². The third-order valence-electron chi connectivity index (χ3n) is 5.78. The summed E-state index contributed by atoms with van der Waals surface area (Å²) in [6.45, 7) is 0.816. The normalized spacial score (nSPS) is 15.9. The highest BCUT2D eigenvalue weighted by molar-refractivity contribution is 5.77. The Labute approximate surface area is 178 Å². The Hall–Kier alpha value is -3.14. The fourth-order valence-electron chi connectivity index (χ4n) is 4.24. The molecule has 4 nitrogen and oxygen atoms in total. The largest absolute Gasteiger partial charge is 0.496 e. The van der Waals surface area contributed by atoms with Crippen molar-refractivity contribution in [1.82, 2.24) is 9.88 Å². The van der Waals surface area contributed by atoms with Crippen molar-refractivity contribution in [2.75, 3.05) is 13.7 Å². The summed E-state index contributed by atoms with van der Waals surface area (Å²) in [7, 11) is 1.69. The molecule has 2 heterocycles. The number of methoxy groups -OCH3 is 1. The van der Waals surface area contributed by atoms with Crippen molar-refractivity contribution in [1.29, 1.82) is 0 Å². The summed E-state index contributed by atoms with van der Waals surface area (Å²) in [5.41, 5.74) is 4.32. The van der Waals surface area contributed by atoms with Crippen LogP contribution >= 0.6 is 0 Å². The quantitative estimate of drug-likeness (QED) is 0.562. The average molecular weight is 401 g/mol. The van der Waals surface area contributed by atoms with E-state index in [2.05, 4.69) is 30.3 Å². The topological polar surface area (TPSA) is 42.4 Å². The number of aromatic nitrogens is 1. The zero-order valence-corrected chi connectivity index (χ0v) is 17.5. The van der Waals surface area contributed by atoms with Crippen LogP contribution in [0.4, 0.5) is 0 Å². The van der Waals surface area contributed by atoms with Gasteiger partial charge in [-0.3, -0.25) is 9.78 Å². The molecule has 0 saturated carbocycles. The van der Waals surface area contributed by atoms with Crippen LogP contribution in [0.25, 0.3) is 0 Å². The molecule has 154 valence electrons. The van der Waals surface area contributed by atoms with Crippen molar-refractivity contribution < 1.29 is 9.53 Å². The van der Waals surface area contributed by atoms with Crippen molar-refractivity contribution in [2.45, 2.75) is 38.1 Å². The second-order valence-corrected chi connectivity index (χ2v) is 7.77. The Morgan fingerprint density at radius 2 is 1.83 bits per heavy atom. The van der Waals surface area contributed by atoms with Gasteiger partial charge in [-0.15, -0.1) is 0 Å². The van der Waals surface area contributed by atoms with Crippen LogP contribution in [-0.2, 0) is 17.6 Å². The summed E-state index contributed by atoms with van der Waals surface area (Å²) >= 11 is 0. The van der Waals surface area contributed by atoms with Crippen LogP contribution in [0, 0.1) is 0 Å². The van der Waals surface area contributed by atoms with E-state index in [-0.39, 0.29) is 11.9 Å². The monoisotopic (exact) mass is 400 g/mol. The van der Waals surface area contributed by atoms with Crippen molar-refractivity contribution in [2.24, 2.45) is 0 Å². The fourth-order valence-corrected chi connectivity index (χ4v) is 4.24. The van der Waals surface area contributed by atoms with Gasteiger partial charge in [0.15, 0.2) is 0 Å². The van der Waals surface area contributed by atoms with Gasteiger partial charge in [-0.1, -0.05) is 54.6 Å². The van der Waals surface area contributed by atoms with Crippen LogP contribution in [0.1, 0.15) is 47.8 Å². The molecule has 4 heteroatoms. The molecule has 0 unspecified atom stereocenters. The molecule has 1 aromatic heterocycles. The molecule has 0 radical (unpaired) electrons. The molecule has 1 saturated heterocycles. The van der Waals surface area contributed by atoms with Crippen LogP contribution in [0.5, 0.6) is 5.75 Å². The minimum atomic E-state index is 0.0749. The number of benzene rings is 2. The standard InChI is InChI=1S/C26H28N2O2/c1-30-25-15-6-5-11-21(25)19-22-12-7-13-23(27-22)24-14-8-18-28(24)26(29)17-16-20-9-3-2-4-10-20/h2-7,9-13,15,24H,8,14,16-19H2,1H3/t24-/m0/s1. The van der Waals surface area contributed by atoms with Gasteiger partial charge in [0.1, 0.15) is 5.75 Å². The van der Waals surface area contributed by atoms with E-state index < -0.39 is 0 Å². The van der Waals surface area contributed by atoms with E-state index in [1.54, 1.807) is 7.11 Å². The molecular formula is C26H28N2O2. The molecule has 1 amide bonds. The molecule has 30 heavy (non-hydrogen) atoms. The lowest BCUT2D eigenvalue weighted by molar-refractivity contribution is -0.132. The number of nitrogens with zero attached hydrogens (tertiary/aromatic N) is 2. The predicted molar refractivity (Wildman–Crippen MR) is 118 cm³/mol. The van der Waals surface area contributed by atoms with Crippen LogP contribution in [0.3, 0.4) is 0 Å². The molecule has 1 aliphatic rings. The number of carbonyl (C=O) groups is 1. The lowest BCUT2D eigenvalue weighted by Crippen LogP contribution is -2.31. The number of likely N-dealkylation sites (tertiary alicyclic amines) is 1. The average Bonchev–Trinajstić information content (AvgIpc) is 3.29. The highest BCUT2D eigenvalue weighted by atomic mass is 16.5. The van der Waals surface area contributed by atoms with Crippen LogP contribution in [0.2, 0.25) is 0 Å². The first-order valence-electron chi connectivity index (χ1n) is 10.7. The molecule has 1 aliphatic heterocycles. The van der Waals surface area contributed by atoms with Gasteiger partial charge >= 0.3 is 0 Å². The third-order valence-corrected chi connectivity index (χ3v) is 5.78. The van der Waals surface area contributed by atoms with Crippen molar-refractivity contribution in [3.05, 3.63) is 95.3 Å².